The summed E-state index contributed by atoms with van der Waals surface area (Å²) in [7, 11) is 0. The highest BCUT2D eigenvalue weighted by molar-refractivity contribution is 5.76. The molecule has 1 aliphatic heterocycles. The molecule has 1 saturated heterocycles. The van der Waals surface area contributed by atoms with Crippen molar-refractivity contribution in [1.29, 1.82) is 0 Å². The maximum Gasteiger partial charge on any atom is 0.221 e. The van der Waals surface area contributed by atoms with E-state index in [4.69, 9.17) is 9.84 Å². The number of aliphatic hydroxyl groups is 1. The summed E-state index contributed by atoms with van der Waals surface area (Å²) in [4.78, 5) is 11.6. The second kappa shape index (κ2) is 8.44. The number of nitrogens with one attached hydrogen (secondary N) is 2. The summed E-state index contributed by atoms with van der Waals surface area (Å²) in [5.74, 6) is 0.393. The van der Waals surface area contributed by atoms with Gasteiger partial charge in [-0.25, -0.2) is 0 Å². The van der Waals surface area contributed by atoms with E-state index in [1.807, 2.05) is 6.92 Å². The van der Waals surface area contributed by atoms with Crippen LogP contribution in [-0.4, -0.2) is 50.0 Å². The molecule has 0 saturated carbocycles. The van der Waals surface area contributed by atoms with Gasteiger partial charge < -0.3 is 20.5 Å². The molecule has 0 aromatic carbocycles. The molecule has 3 N–H and O–H groups in total. The second-order valence-electron chi connectivity index (χ2n) is 4.71. The lowest BCUT2D eigenvalue weighted by Gasteiger charge is -2.23. The number of amides is 1. The standard InChI is InChI=1S/C12H24N2O3/c1-10(8-15)3-2-4-14-12(16)7-11-9-17-6-5-13-11/h10-11,13,15H,2-9H2,1H3,(H,14,16). The number of hydrogen-bond donors (Lipinski definition) is 3. The molecule has 0 aromatic rings. The van der Waals surface area contributed by atoms with Crippen molar-refractivity contribution in [2.24, 2.45) is 5.92 Å². The molecule has 0 aromatic heterocycles. The quantitative estimate of drug-likeness (QED) is 0.547. The van der Waals surface area contributed by atoms with Gasteiger partial charge in [-0.15, -0.1) is 0 Å². The Balaban J connectivity index is 2.00. The fraction of sp³-hybridized carbons (Fsp3) is 0.917. The number of carbonyl (C=O) groups excluding carboxylic acids is 1. The Morgan fingerprint density at radius 1 is 1.65 bits per heavy atom. The largest absolute Gasteiger partial charge is 0.396 e. The number of morpholine rings is 1. The summed E-state index contributed by atoms with van der Waals surface area (Å²) in [6.45, 7) is 5.09. The highest BCUT2D eigenvalue weighted by Gasteiger charge is 2.16. The Labute approximate surface area is 103 Å². The van der Waals surface area contributed by atoms with Gasteiger partial charge in [0, 0.05) is 32.2 Å². The average molecular weight is 244 g/mol. The SMILES string of the molecule is CC(CO)CCCNC(=O)CC1COCCN1. The minimum Gasteiger partial charge on any atom is -0.396 e. The second-order valence-corrected chi connectivity index (χ2v) is 4.71. The zero-order chi connectivity index (χ0) is 12.5. The van der Waals surface area contributed by atoms with E-state index in [2.05, 4.69) is 10.6 Å². The molecular weight excluding hydrogens is 220 g/mol. The lowest BCUT2D eigenvalue weighted by molar-refractivity contribution is -0.122. The molecule has 0 aliphatic carbocycles. The molecular formula is C12H24N2O3. The summed E-state index contributed by atoms with van der Waals surface area (Å²) in [5.41, 5.74) is 0. The lowest BCUT2D eigenvalue weighted by atomic mass is 10.1. The maximum absolute atomic E-state index is 11.6. The minimum absolute atomic E-state index is 0.0738. The highest BCUT2D eigenvalue weighted by Crippen LogP contribution is 2.03. The molecule has 0 bridgehead atoms. The van der Waals surface area contributed by atoms with E-state index in [-0.39, 0.29) is 18.6 Å². The summed E-state index contributed by atoms with van der Waals surface area (Å²) in [5, 5.41) is 15.0. The van der Waals surface area contributed by atoms with E-state index < -0.39 is 0 Å². The predicted molar refractivity (Wildman–Crippen MR) is 65.7 cm³/mol. The van der Waals surface area contributed by atoms with Crippen LogP contribution in [0.5, 0.6) is 0 Å². The van der Waals surface area contributed by atoms with E-state index in [9.17, 15) is 4.79 Å². The average Bonchev–Trinajstić information content (AvgIpc) is 2.35. The van der Waals surface area contributed by atoms with E-state index >= 15 is 0 Å². The molecule has 2 unspecified atom stereocenters. The fourth-order valence-electron chi connectivity index (χ4n) is 1.82. The van der Waals surface area contributed by atoms with Crippen LogP contribution in [0.4, 0.5) is 0 Å². The Bertz CT molecular complexity index is 218. The molecule has 1 fully saturated rings. The van der Waals surface area contributed by atoms with Gasteiger partial charge in [0.15, 0.2) is 0 Å². The minimum atomic E-state index is 0.0738. The van der Waals surface area contributed by atoms with Crippen LogP contribution in [0.2, 0.25) is 0 Å². The van der Waals surface area contributed by atoms with Gasteiger partial charge in [-0.1, -0.05) is 6.92 Å². The van der Waals surface area contributed by atoms with Crippen LogP contribution >= 0.6 is 0 Å². The van der Waals surface area contributed by atoms with Crippen molar-refractivity contribution in [1.82, 2.24) is 10.6 Å². The molecule has 1 heterocycles. The number of rotatable bonds is 7. The van der Waals surface area contributed by atoms with Crippen molar-refractivity contribution in [3.8, 4) is 0 Å². The van der Waals surface area contributed by atoms with Gasteiger partial charge in [0.1, 0.15) is 0 Å². The van der Waals surface area contributed by atoms with Crippen LogP contribution in [0.15, 0.2) is 0 Å². The van der Waals surface area contributed by atoms with Crippen molar-refractivity contribution in [2.75, 3.05) is 32.9 Å². The van der Waals surface area contributed by atoms with Crippen LogP contribution in [0.1, 0.15) is 26.2 Å². The topological polar surface area (TPSA) is 70.6 Å². The first-order valence-electron chi connectivity index (χ1n) is 6.41. The first kappa shape index (κ1) is 14.4. The van der Waals surface area contributed by atoms with E-state index in [1.54, 1.807) is 0 Å². The van der Waals surface area contributed by atoms with E-state index in [1.165, 1.54) is 0 Å². The monoisotopic (exact) mass is 244 g/mol. The maximum atomic E-state index is 11.6. The molecule has 2 atom stereocenters. The summed E-state index contributed by atoms with van der Waals surface area (Å²) >= 11 is 0. The third-order valence-electron chi connectivity index (χ3n) is 2.94. The Morgan fingerprint density at radius 2 is 2.47 bits per heavy atom. The van der Waals surface area contributed by atoms with Gasteiger partial charge in [0.2, 0.25) is 5.91 Å². The van der Waals surface area contributed by atoms with Gasteiger partial charge in [0.25, 0.3) is 0 Å². The first-order chi connectivity index (χ1) is 8.22. The number of ether oxygens (including phenoxy) is 1. The molecule has 17 heavy (non-hydrogen) atoms. The molecule has 1 rings (SSSR count). The smallest absolute Gasteiger partial charge is 0.221 e. The highest BCUT2D eigenvalue weighted by atomic mass is 16.5. The normalized spacial score (nSPS) is 22.1. The molecule has 0 radical (unpaired) electrons. The molecule has 100 valence electrons. The molecule has 5 nitrogen and oxygen atoms in total. The predicted octanol–water partition coefficient (Wildman–Crippen LogP) is -0.110. The van der Waals surface area contributed by atoms with Crippen LogP contribution in [0.3, 0.4) is 0 Å². The van der Waals surface area contributed by atoms with Gasteiger partial charge >= 0.3 is 0 Å². The van der Waals surface area contributed by atoms with Crippen molar-refractivity contribution >= 4 is 5.91 Å². The summed E-state index contributed by atoms with van der Waals surface area (Å²) in [6, 6.07) is 0.153. The summed E-state index contributed by atoms with van der Waals surface area (Å²) < 4.78 is 5.28. The van der Waals surface area contributed by atoms with Gasteiger partial charge in [-0.3, -0.25) is 4.79 Å². The molecule has 0 spiro atoms. The number of aliphatic hydroxyl groups excluding tert-OH is 1. The molecule has 1 amide bonds. The van der Waals surface area contributed by atoms with Gasteiger partial charge in [-0.2, -0.15) is 0 Å². The van der Waals surface area contributed by atoms with Crippen LogP contribution < -0.4 is 10.6 Å². The Kier molecular flexibility index (Phi) is 7.16. The van der Waals surface area contributed by atoms with Crippen molar-refractivity contribution in [2.45, 2.75) is 32.2 Å². The zero-order valence-electron chi connectivity index (χ0n) is 10.6. The third-order valence-corrected chi connectivity index (χ3v) is 2.94. The zero-order valence-corrected chi connectivity index (χ0v) is 10.6. The van der Waals surface area contributed by atoms with E-state index in [0.717, 1.165) is 26.0 Å². The lowest BCUT2D eigenvalue weighted by Crippen LogP contribution is -2.44. The van der Waals surface area contributed by atoms with Crippen molar-refractivity contribution < 1.29 is 14.6 Å². The van der Waals surface area contributed by atoms with Crippen molar-refractivity contribution in [3.63, 3.8) is 0 Å². The number of carbonyl (C=O) groups is 1. The van der Waals surface area contributed by atoms with E-state index in [0.29, 0.717) is 25.5 Å². The molecule has 5 heteroatoms. The van der Waals surface area contributed by atoms with Gasteiger partial charge in [0.05, 0.1) is 13.2 Å². The Morgan fingerprint density at radius 3 is 3.12 bits per heavy atom. The van der Waals surface area contributed by atoms with Crippen LogP contribution in [-0.2, 0) is 9.53 Å². The summed E-state index contributed by atoms with van der Waals surface area (Å²) in [6.07, 6.45) is 2.35. The molecule has 1 aliphatic rings. The number of hydrogen-bond acceptors (Lipinski definition) is 4. The van der Waals surface area contributed by atoms with Crippen LogP contribution in [0, 0.1) is 5.92 Å². The Hall–Kier alpha value is -0.650. The fourth-order valence-corrected chi connectivity index (χ4v) is 1.82. The first-order valence-corrected chi connectivity index (χ1v) is 6.41. The van der Waals surface area contributed by atoms with Crippen LogP contribution in [0.25, 0.3) is 0 Å². The van der Waals surface area contributed by atoms with Gasteiger partial charge in [-0.05, 0) is 18.8 Å². The third kappa shape index (κ3) is 6.61. The van der Waals surface area contributed by atoms with Crippen molar-refractivity contribution in [3.05, 3.63) is 0 Å².